The van der Waals surface area contributed by atoms with Crippen LogP contribution in [-0.2, 0) is 0 Å². The van der Waals surface area contributed by atoms with Crippen molar-refractivity contribution in [1.82, 2.24) is 15.5 Å². The van der Waals surface area contributed by atoms with Crippen molar-refractivity contribution in [2.75, 3.05) is 34.3 Å². The molecule has 1 atom stereocenters. The number of nitrogens with one attached hydrogen (secondary N) is 2. The molecule has 19 heavy (non-hydrogen) atoms. The smallest absolute Gasteiger partial charge is 0.316 e. The maximum atomic E-state index is 11.3. The first-order valence-corrected chi connectivity index (χ1v) is 6.37. The highest BCUT2D eigenvalue weighted by Gasteiger charge is 2.05. The Balaban J connectivity index is 2.30. The zero-order valence-electron chi connectivity index (χ0n) is 12.1. The first-order chi connectivity index (χ1) is 9.04. The Morgan fingerprint density at radius 2 is 1.89 bits per heavy atom. The highest BCUT2D eigenvalue weighted by molar-refractivity contribution is 5.73. The first kappa shape index (κ1) is 15.3. The number of benzene rings is 1. The van der Waals surface area contributed by atoms with Gasteiger partial charge in [-0.15, -0.1) is 0 Å². The average Bonchev–Trinajstić information content (AvgIpc) is 2.43. The van der Waals surface area contributed by atoms with Crippen LogP contribution in [0.4, 0.5) is 4.79 Å². The van der Waals surface area contributed by atoms with Crippen molar-refractivity contribution in [3.63, 3.8) is 0 Å². The number of amides is 2. The molecule has 0 aromatic heterocycles. The lowest BCUT2D eigenvalue weighted by molar-refractivity contribution is 0.217. The summed E-state index contributed by atoms with van der Waals surface area (Å²) in [4.78, 5) is 12.8. The number of rotatable bonds is 6. The Morgan fingerprint density at radius 3 is 2.42 bits per heavy atom. The Labute approximate surface area is 114 Å². The van der Waals surface area contributed by atoms with Crippen LogP contribution in [-0.4, -0.2) is 45.2 Å². The van der Waals surface area contributed by atoms with Gasteiger partial charge in [-0.05, 0) is 24.6 Å². The monoisotopic (exact) mass is 265 g/mol. The second kappa shape index (κ2) is 7.63. The minimum Gasteiger partial charge on any atom is -0.497 e. The summed E-state index contributed by atoms with van der Waals surface area (Å²) < 4.78 is 5.12. The van der Waals surface area contributed by atoms with Crippen LogP contribution < -0.4 is 15.4 Å². The van der Waals surface area contributed by atoms with Crippen molar-refractivity contribution in [2.24, 2.45) is 0 Å². The molecule has 0 aliphatic carbocycles. The van der Waals surface area contributed by atoms with E-state index in [4.69, 9.17) is 4.74 Å². The molecular weight excluding hydrogens is 242 g/mol. The van der Waals surface area contributed by atoms with E-state index < -0.39 is 0 Å². The molecule has 0 fully saturated rings. The topological polar surface area (TPSA) is 53.6 Å². The lowest BCUT2D eigenvalue weighted by Gasteiger charge is -2.16. The van der Waals surface area contributed by atoms with Crippen LogP contribution in [0, 0.1) is 0 Å². The van der Waals surface area contributed by atoms with Gasteiger partial charge in [0.2, 0.25) is 0 Å². The third kappa shape index (κ3) is 5.18. The maximum Gasteiger partial charge on any atom is 0.316 e. The van der Waals surface area contributed by atoms with Gasteiger partial charge in [0.05, 0.1) is 7.11 Å². The Bertz CT molecular complexity index is 390. The largest absolute Gasteiger partial charge is 0.497 e. The highest BCUT2D eigenvalue weighted by atomic mass is 16.5. The van der Waals surface area contributed by atoms with Crippen LogP contribution >= 0.6 is 0 Å². The molecule has 0 radical (unpaired) electrons. The van der Waals surface area contributed by atoms with E-state index in [1.165, 1.54) is 10.5 Å². The Kier molecular flexibility index (Phi) is 6.15. The molecule has 0 aliphatic heterocycles. The van der Waals surface area contributed by atoms with Crippen molar-refractivity contribution >= 4 is 6.03 Å². The molecule has 1 rings (SSSR count). The molecule has 106 valence electrons. The van der Waals surface area contributed by atoms with Gasteiger partial charge in [0.1, 0.15) is 5.75 Å². The molecule has 0 heterocycles. The highest BCUT2D eigenvalue weighted by Crippen LogP contribution is 2.16. The number of carbonyl (C=O) groups excluding carboxylic acids is 1. The minimum absolute atomic E-state index is 0.0705. The number of carbonyl (C=O) groups is 1. The van der Waals surface area contributed by atoms with Gasteiger partial charge >= 0.3 is 6.03 Å². The van der Waals surface area contributed by atoms with Gasteiger partial charge in [-0.25, -0.2) is 4.79 Å². The van der Waals surface area contributed by atoms with Crippen molar-refractivity contribution in [3.8, 4) is 5.75 Å². The second-order valence-corrected chi connectivity index (χ2v) is 4.58. The summed E-state index contributed by atoms with van der Waals surface area (Å²) in [5.41, 5.74) is 1.19. The van der Waals surface area contributed by atoms with Gasteiger partial charge in [-0.2, -0.15) is 0 Å². The van der Waals surface area contributed by atoms with Crippen molar-refractivity contribution in [3.05, 3.63) is 29.8 Å². The SMILES string of the molecule is COc1ccc(C(C)NCCNC(=O)N(C)C)cc1. The third-order valence-corrected chi connectivity index (χ3v) is 2.87. The quantitative estimate of drug-likeness (QED) is 0.768. The van der Waals surface area contributed by atoms with E-state index in [2.05, 4.69) is 17.6 Å². The fourth-order valence-corrected chi connectivity index (χ4v) is 1.63. The molecule has 0 spiro atoms. The molecule has 5 nitrogen and oxygen atoms in total. The molecule has 5 heteroatoms. The molecular formula is C14H23N3O2. The van der Waals surface area contributed by atoms with Crippen LogP contribution in [0.15, 0.2) is 24.3 Å². The molecule has 1 aromatic carbocycles. The predicted molar refractivity (Wildman–Crippen MR) is 76.5 cm³/mol. The van der Waals surface area contributed by atoms with E-state index in [9.17, 15) is 4.79 Å². The van der Waals surface area contributed by atoms with E-state index in [0.717, 1.165) is 12.3 Å². The van der Waals surface area contributed by atoms with E-state index in [-0.39, 0.29) is 12.1 Å². The molecule has 0 saturated heterocycles. The van der Waals surface area contributed by atoms with E-state index >= 15 is 0 Å². The van der Waals surface area contributed by atoms with Gasteiger partial charge in [-0.1, -0.05) is 12.1 Å². The van der Waals surface area contributed by atoms with Gasteiger partial charge < -0.3 is 20.3 Å². The van der Waals surface area contributed by atoms with Gasteiger partial charge in [0.15, 0.2) is 0 Å². The lowest BCUT2D eigenvalue weighted by atomic mass is 10.1. The number of hydrogen-bond donors (Lipinski definition) is 2. The molecule has 2 N–H and O–H groups in total. The molecule has 1 unspecified atom stereocenters. The summed E-state index contributed by atoms with van der Waals surface area (Å²) in [5.74, 6) is 0.856. The van der Waals surface area contributed by atoms with Crippen molar-refractivity contribution in [1.29, 1.82) is 0 Å². The third-order valence-electron chi connectivity index (χ3n) is 2.87. The normalized spacial score (nSPS) is 11.8. The maximum absolute atomic E-state index is 11.3. The summed E-state index contributed by atoms with van der Waals surface area (Å²) in [5, 5.41) is 6.17. The standard InChI is InChI=1S/C14H23N3O2/c1-11(12-5-7-13(19-4)8-6-12)15-9-10-16-14(18)17(2)3/h5-8,11,15H,9-10H2,1-4H3,(H,16,18). The van der Waals surface area contributed by atoms with Gasteiger partial charge in [-0.3, -0.25) is 0 Å². The van der Waals surface area contributed by atoms with Crippen LogP contribution in [0.25, 0.3) is 0 Å². The summed E-state index contributed by atoms with van der Waals surface area (Å²) in [6, 6.07) is 8.13. The Morgan fingerprint density at radius 1 is 1.26 bits per heavy atom. The predicted octanol–water partition coefficient (Wildman–Crippen LogP) is 1.62. The van der Waals surface area contributed by atoms with Gasteiger partial charge in [0, 0.05) is 33.2 Å². The first-order valence-electron chi connectivity index (χ1n) is 6.37. The molecule has 0 bridgehead atoms. The molecule has 0 saturated carbocycles. The van der Waals surface area contributed by atoms with Crippen molar-refractivity contribution < 1.29 is 9.53 Å². The van der Waals surface area contributed by atoms with Crippen molar-refractivity contribution in [2.45, 2.75) is 13.0 Å². The number of methoxy groups -OCH3 is 1. The Hall–Kier alpha value is -1.75. The van der Waals surface area contributed by atoms with Gasteiger partial charge in [0.25, 0.3) is 0 Å². The van der Waals surface area contributed by atoms with Crippen LogP contribution in [0.3, 0.4) is 0 Å². The summed E-state index contributed by atoms with van der Waals surface area (Å²) in [7, 11) is 5.11. The van der Waals surface area contributed by atoms with Crippen LogP contribution in [0.5, 0.6) is 5.75 Å². The van der Waals surface area contributed by atoms with Crippen LogP contribution in [0.2, 0.25) is 0 Å². The minimum atomic E-state index is -0.0705. The number of urea groups is 1. The summed E-state index contributed by atoms with van der Waals surface area (Å²) in [6.45, 7) is 3.43. The molecule has 0 aliphatic rings. The fourth-order valence-electron chi connectivity index (χ4n) is 1.63. The van der Waals surface area contributed by atoms with E-state index in [0.29, 0.717) is 6.54 Å². The number of ether oxygens (including phenoxy) is 1. The lowest BCUT2D eigenvalue weighted by Crippen LogP contribution is -2.38. The number of nitrogens with zero attached hydrogens (tertiary/aromatic N) is 1. The van der Waals surface area contributed by atoms with E-state index in [1.807, 2.05) is 24.3 Å². The summed E-state index contributed by atoms with van der Waals surface area (Å²) in [6.07, 6.45) is 0. The van der Waals surface area contributed by atoms with E-state index in [1.54, 1.807) is 21.2 Å². The zero-order valence-corrected chi connectivity index (χ0v) is 12.1. The summed E-state index contributed by atoms with van der Waals surface area (Å²) >= 11 is 0. The number of hydrogen-bond acceptors (Lipinski definition) is 3. The van der Waals surface area contributed by atoms with Crippen LogP contribution in [0.1, 0.15) is 18.5 Å². The molecule has 2 amide bonds. The molecule has 1 aromatic rings. The zero-order chi connectivity index (χ0) is 14.3. The fraction of sp³-hybridized carbons (Fsp3) is 0.500. The average molecular weight is 265 g/mol. The second-order valence-electron chi connectivity index (χ2n) is 4.58.